The van der Waals surface area contributed by atoms with Gasteiger partial charge in [0.2, 0.25) is 5.13 Å². The Morgan fingerprint density at radius 3 is 2.52 bits per heavy atom. The number of hydrogen-bond acceptors (Lipinski definition) is 6. The summed E-state index contributed by atoms with van der Waals surface area (Å²) in [7, 11) is 0. The van der Waals surface area contributed by atoms with Gasteiger partial charge in [-0.25, -0.2) is 0 Å². The van der Waals surface area contributed by atoms with Crippen LogP contribution in [-0.2, 0) is 6.42 Å². The summed E-state index contributed by atoms with van der Waals surface area (Å²) in [6.45, 7) is 0.404. The molecule has 0 aliphatic heterocycles. The minimum Gasteiger partial charge on any atom is -0.457 e. The molecule has 4 rings (SSSR count). The smallest absolute Gasteiger partial charge is 0.261 e. The Bertz CT molecular complexity index is 1260. The van der Waals surface area contributed by atoms with E-state index < -0.39 is 0 Å². The van der Waals surface area contributed by atoms with Crippen molar-refractivity contribution in [2.45, 2.75) is 6.42 Å². The zero-order chi connectivity index (χ0) is 23.0. The van der Waals surface area contributed by atoms with E-state index in [2.05, 4.69) is 36.8 Å². The summed E-state index contributed by atoms with van der Waals surface area (Å²) >= 11 is 4.62. The van der Waals surface area contributed by atoms with Crippen LogP contribution in [0.15, 0.2) is 83.3 Å². The maximum atomic E-state index is 12.8. The fourth-order valence-corrected chi connectivity index (χ4v) is 4.08. The predicted octanol–water partition coefficient (Wildman–Crippen LogP) is 5.32. The van der Waals surface area contributed by atoms with Crippen molar-refractivity contribution in [3.8, 4) is 11.5 Å². The van der Waals surface area contributed by atoms with Crippen LogP contribution in [0.5, 0.6) is 11.5 Å². The van der Waals surface area contributed by atoms with E-state index in [1.54, 1.807) is 36.4 Å². The molecular formula is C24H19BrN4O3S. The van der Waals surface area contributed by atoms with Crippen LogP contribution < -0.4 is 15.4 Å². The third kappa shape index (κ3) is 6.24. The topological polar surface area (TPSA) is 93.2 Å². The second-order valence-electron chi connectivity index (χ2n) is 6.88. The van der Waals surface area contributed by atoms with Gasteiger partial charge in [0.15, 0.2) is 0 Å². The lowest BCUT2D eigenvalue weighted by atomic mass is 10.2. The van der Waals surface area contributed by atoms with Crippen molar-refractivity contribution in [1.29, 1.82) is 0 Å². The highest BCUT2D eigenvalue weighted by Gasteiger charge is 2.15. The molecule has 0 aliphatic rings. The van der Waals surface area contributed by atoms with E-state index in [0.29, 0.717) is 45.7 Å². The van der Waals surface area contributed by atoms with Crippen molar-refractivity contribution in [3.05, 3.63) is 99.5 Å². The van der Waals surface area contributed by atoms with Crippen molar-refractivity contribution < 1.29 is 14.3 Å². The normalized spacial score (nSPS) is 10.5. The number of ether oxygens (including phenoxy) is 1. The average Bonchev–Trinajstić information content (AvgIpc) is 3.27. The van der Waals surface area contributed by atoms with Crippen LogP contribution >= 0.6 is 27.3 Å². The van der Waals surface area contributed by atoms with Crippen molar-refractivity contribution in [2.75, 3.05) is 11.9 Å². The van der Waals surface area contributed by atoms with E-state index in [4.69, 9.17) is 4.74 Å². The number of para-hydroxylation sites is 2. The van der Waals surface area contributed by atoms with Crippen molar-refractivity contribution >= 4 is 44.2 Å². The molecule has 0 unspecified atom stereocenters. The highest BCUT2D eigenvalue weighted by atomic mass is 79.9. The second kappa shape index (κ2) is 10.8. The Hall–Kier alpha value is -3.56. The maximum Gasteiger partial charge on any atom is 0.261 e. The minimum atomic E-state index is -0.341. The lowest BCUT2D eigenvalue weighted by Crippen LogP contribution is -2.25. The zero-order valence-corrected chi connectivity index (χ0v) is 19.7. The van der Waals surface area contributed by atoms with E-state index >= 15 is 0 Å². The van der Waals surface area contributed by atoms with Gasteiger partial charge in [-0.3, -0.25) is 14.9 Å². The van der Waals surface area contributed by atoms with Gasteiger partial charge in [-0.2, -0.15) is 0 Å². The molecule has 0 saturated carbocycles. The number of carbonyl (C=O) groups excluding carboxylic acids is 2. The summed E-state index contributed by atoms with van der Waals surface area (Å²) in [6.07, 6.45) is 0.501. The maximum absolute atomic E-state index is 12.8. The fourth-order valence-electron chi connectivity index (χ4n) is 2.94. The van der Waals surface area contributed by atoms with Gasteiger partial charge in [0, 0.05) is 23.0 Å². The van der Waals surface area contributed by atoms with E-state index in [1.165, 1.54) is 11.3 Å². The van der Waals surface area contributed by atoms with Gasteiger partial charge in [-0.1, -0.05) is 63.7 Å². The summed E-state index contributed by atoms with van der Waals surface area (Å²) in [6, 6.07) is 23.4. The summed E-state index contributed by atoms with van der Waals surface area (Å²) < 4.78 is 6.70. The number of carbonyl (C=O) groups is 2. The highest BCUT2D eigenvalue weighted by Crippen LogP contribution is 2.26. The van der Waals surface area contributed by atoms with Gasteiger partial charge in [0.05, 0.1) is 5.56 Å². The number of anilines is 1. The Kier molecular flexibility index (Phi) is 7.43. The Balaban J connectivity index is 1.33. The summed E-state index contributed by atoms with van der Waals surface area (Å²) in [5, 5.41) is 14.8. The third-order valence-electron chi connectivity index (χ3n) is 4.50. The van der Waals surface area contributed by atoms with Crippen LogP contribution in [0.1, 0.15) is 25.7 Å². The van der Waals surface area contributed by atoms with Crippen LogP contribution in [0.4, 0.5) is 5.13 Å². The average molecular weight is 523 g/mol. The minimum absolute atomic E-state index is 0.163. The molecule has 1 aromatic heterocycles. The number of benzene rings is 3. The molecule has 0 radical (unpaired) electrons. The lowest BCUT2D eigenvalue weighted by molar-refractivity contribution is 0.0953. The van der Waals surface area contributed by atoms with E-state index in [0.717, 1.165) is 4.47 Å². The number of aromatic nitrogens is 2. The standard InChI is InChI=1S/C24H19BrN4O3S/c25-17-8-6-7-16(15-17)22(30)26-14-13-21-28-29-24(33-21)27-23(31)19-11-4-5-12-20(19)32-18-9-2-1-3-10-18/h1-12,15H,13-14H2,(H,26,30)(H,27,29,31). The largest absolute Gasteiger partial charge is 0.457 e. The molecule has 0 fully saturated rings. The monoisotopic (exact) mass is 522 g/mol. The summed E-state index contributed by atoms with van der Waals surface area (Å²) in [4.78, 5) is 25.0. The highest BCUT2D eigenvalue weighted by molar-refractivity contribution is 9.10. The number of halogens is 1. The molecule has 0 saturated heterocycles. The molecule has 33 heavy (non-hydrogen) atoms. The number of amides is 2. The van der Waals surface area contributed by atoms with E-state index in [9.17, 15) is 9.59 Å². The van der Waals surface area contributed by atoms with Crippen molar-refractivity contribution in [3.63, 3.8) is 0 Å². The first kappa shape index (κ1) is 22.6. The van der Waals surface area contributed by atoms with Crippen LogP contribution in [0.25, 0.3) is 0 Å². The quantitative estimate of drug-likeness (QED) is 0.326. The van der Waals surface area contributed by atoms with Gasteiger partial charge >= 0.3 is 0 Å². The van der Waals surface area contributed by atoms with Gasteiger partial charge < -0.3 is 10.1 Å². The number of rotatable bonds is 8. The molecule has 3 aromatic carbocycles. The molecule has 7 nitrogen and oxygen atoms in total. The molecule has 9 heteroatoms. The molecule has 2 amide bonds. The van der Waals surface area contributed by atoms with Gasteiger partial charge in [0.25, 0.3) is 11.8 Å². The second-order valence-corrected chi connectivity index (χ2v) is 8.86. The Morgan fingerprint density at radius 2 is 1.70 bits per heavy atom. The lowest BCUT2D eigenvalue weighted by Gasteiger charge is -2.10. The Morgan fingerprint density at radius 1 is 0.909 bits per heavy atom. The molecule has 0 aliphatic carbocycles. The van der Waals surface area contributed by atoms with Gasteiger partial charge in [0.1, 0.15) is 16.5 Å². The van der Waals surface area contributed by atoms with Crippen LogP contribution in [0.3, 0.4) is 0 Å². The molecule has 166 valence electrons. The summed E-state index contributed by atoms with van der Waals surface area (Å²) in [5.41, 5.74) is 0.963. The molecule has 4 aromatic rings. The first-order chi connectivity index (χ1) is 16.1. The third-order valence-corrected chi connectivity index (χ3v) is 5.89. The van der Waals surface area contributed by atoms with Crippen LogP contribution in [0, 0.1) is 0 Å². The van der Waals surface area contributed by atoms with Crippen molar-refractivity contribution in [1.82, 2.24) is 15.5 Å². The molecule has 0 bridgehead atoms. The molecule has 0 spiro atoms. The van der Waals surface area contributed by atoms with Gasteiger partial charge in [-0.15, -0.1) is 10.2 Å². The first-order valence-electron chi connectivity index (χ1n) is 10.1. The predicted molar refractivity (Wildman–Crippen MR) is 131 cm³/mol. The SMILES string of the molecule is O=C(NCCc1nnc(NC(=O)c2ccccc2Oc2ccccc2)s1)c1cccc(Br)c1. The van der Waals surface area contributed by atoms with E-state index in [1.807, 2.05) is 42.5 Å². The molecule has 0 atom stereocenters. The fraction of sp³-hybridized carbons (Fsp3) is 0.0833. The number of nitrogens with zero attached hydrogens (tertiary/aromatic N) is 2. The number of hydrogen-bond donors (Lipinski definition) is 2. The first-order valence-corrected chi connectivity index (χ1v) is 11.7. The van der Waals surface area contributed by atoms with Crippen LogP contribution in [-0.4, -0.2) is 28.6 Å². The summed E-state index contributed by atoms with van der Waals surface area (Å²) in [5.74, 6) is 0.582. The zero-order valence-electron chi connectivity index (χ0n) is 17.3. The van der Waals surface area contributed by atoms with Gasteiger partial charge in [-0.05, 0) is 42.5 Å². The molecule has 1 heterocycles. The van der Waals surface area contributed by atoms with Crippen molar-refractivity contribution in [2.24, 2.45) is 0 Å². The Labute approximate surface area is 203 Å². The number of nitrogens with one attached hydrogen (secondary N) is 2. The molecular weight excluding hydrogens is 504 g/mol. The van der Waals surface area contributed by atoms with E-state index in [-0.39, 0.29) is 11.8 Å². The van der Waals surface area contributed by atoms with Crippen LogP contribution in [0.2, 0.25) is 0 Å². The molecule has 2 N–H and O–H groups in total.